The van der Waals surface area contributed by atoms with Gasteiger partial charge in [0.25, 0.3) is 0 Å². The van der Waals surface area contributed by atoms with E-state index in [4.69, 9.17) is 5.11 Å². The van der Waals surface area contributed by atoms with Crippen molar-refractivity contribution in [1.29, 1.82) is 0 Å². The van der Waals surface area contributed by atoms with Crippen LogP contribution in [0.5, 0.6) is 0 Å². The van der Waals surface area contributed by atoms with Gasteiger partial charge in [-0.2, -0.15) is 0 Å². The van der Waals surface area contributed by atoms with Gasteiger partial charge in [0.1, 0.15) is 0 Å². The monoisotopic (exact) mass is 312 g/mol. The molecule has 0 saturated carbocycles. The summed E-state index contributed by atoms with van der Waals surface area (Å²) < 4.78 is 0. The Morgan fingerprint density at radius 2 is 1.74 bits per heavy atom. The Hall–Kier alpha value is -2.47. The summed E-state index contributed by atoms with van der Waals surface area (Å²) in [6, 6.07) is 13.8. The van der Waals surface area contributed by atoms with Gasteiger partial charge in [-0.25, -0.2) is 4.79 Å². The Kier molecular flexibility index (Phi) is 4.83. The first kappa shape index (κ1) is 15.4. The Labute approximate surface area is 135 Å². The number of carbonyl (C=O) groups is 1. The van der Waals surface area contributed by atoms with Gasteiger partial charge < -0.3 is 10.0 Å². The molecule has 0 bridgehead atoms. The molecule has 0 spiro atoms. The molecule has 6 heteroatoms. The predicted octanol–water partition coefficient (Wildman–Crippen LogP) is 1.54. The van der Waals surface area contributed by atoms with Crippen molar-refractivity contribution < 1.29 is 9.90 Å². The lowest BCUT2D eigenvalue weighted by atomic mass is 10.1. The van der Waals surface area contributed by atoms with E-state index in [0.29, 0.717) is 0 Å². The lowest BCUT2D eigenvalue weighted by Crippen LogP contribution is -2.47. The molecule has 1 aliphatic rings. The highest BCUT2D eigenvalue weighted by molar-refractivity contribution is 5.85. The van der Waals surface area contributed by atoms with Crippen LogP contribution >= 0.6 is 0 Å². The van der Waals surface area contributed by atoms with Crippen LogP contribution in [0.25, 0.3) is 0 Å². The molecule has 0 atom stereocenters. The molecule has 1 saturated heterocycles. The second-order valence-electron chi connectivity index (χ2n) is 5.65. The van der Waals surface area contributed by atoms with Gasteiger partial charge in [0.2, 0.25) is 0 Å². The van der Waals surface area contributed by atoms with Gasteiger partial charge in [-0.15, -0.1) is 10.2 Å². The van der Waals surface area contributed by atoms with Crippen LogP contribution in [0, 0.1) is 0 Å². The van der Waals surface area contributed by atoms with E-state index < -0.39 is 5.97 Å². The number of hydrogen-bond donors (Lipinski definition) is 1. The minimum atomic E-state index is -1.05. The van der Waals surface area contributed by atoms with Gasteiger partial charge in [0.05, 0.1) is 0 Å². The number of piperazine rings is 1. The lowest BCUT2D eigenvalue weighted by molar-refractivity contribution is 0.0689. The van der Waals surface area contributed by atoms with Crippen molar-refractivity contribution in [3.63, 3.8) is 0 Å². The second-order valence-corrected chi connectivity index (χ2v) is 5.65. The number of aromatic nitrogens is 2. The van der Waals surface area contributed by atoms with Gasteiger partial charge in [-0.3, -0.25) is 4.90 Å². The summed E-state index contributed by atoms with van der Waals surface area (Å²) in [5, 5.41) is 16.6. The van der Waals surface area contributed by atoms with Gasteiger partial charge in [-0.05, 0) is 24.1 Å². The van der Waals surface area contributed by atoms with Gasteiger partial charge >= 0.3 is 5.97 Å². The maximum atomic E-state index is 10.8. The fraction of sp³-hybridized carbons (Fsp3) is 0.353. The molecule has 6 nitrogen and oxygen atoms in total. The number of carboxylic acids is 1. The molecule has 1 N–H and O–H groups in total. The van der Waals surface area contributed by atoms with Crippen LogP contribution in [0.1, 0.15) is 16.1 Å². The summed E-state index contributed by atoms with van der Waals surface area (Å²) in [5.74, 6) is -0.299. The lowest BCUT2D eigenvalue weighted by Gasteiger charge is -2.35. The second kappa shape index (κ2) is 7.19. The topological polar surface area (TPSA) is 69.6 Å². The molecule has 1 fully saturated rings. The first-order valence-corrected chi connectivity index (χ1v) is 7.80. The number of aromatic carboxylic acids is 1. The first-order chi connectivity index (χ1) is 11.2. The molecule has 2 heterocycles. The summed E-state index contributed by atoms with van der Waals surface area (Å²) >= 11 is 0. The maximum Gasteiger partial charge on any atom is 0.356 e. The van der Waals surface area contributed by atoms with Crippen LogP contribution in [-0.4, -0.2) is 58.9 Å². The molecule has 0 aliphatic carbocycles. The van der Waals surface area contributed by atoms with Gasteiger partial charge in [0, 0.05) is 32.7 Å². The molecule has 0 amide bonds. The summed E-state index contributed by atoms with van der Waals surface area (Å²) in [6.45, 7) is 4.79. The molecule has 0 unspecified atom stereocenters. The van der Waals surface area contributed by atoms with E-state index in [1.807, 2.05) is 6.07 Å². The Balaban J connectivity index is 1.49. The van der Waals surface area contributed by atoms with Crippen LogP contribution in [-0.2, 0) is 6.42 Å². The normalized spacial score (nSPS) is 15.6. The number of benzene rings is 1. The van der Waals surface area contributed by atoms with E-state index in [1.54, 1.807) is 6.07 Å². The van der Waals surface area contributed by atoms with Crippen LogP contribution in [0.3, 0.4) is 0 Å². The van der Waals surface area contributed by atoms with E-state index in [2.05, 4.69) is 44.3 Å². The van der Waals surface area contributed by atoms with E-state index in [9.17, 15) is 4.79 Å². The molecular formula is C17H20N4O2. The third-order valence-corrected chi connectivity index (χ3v) is 4.13. The number of nitrogens with zero attached hydrogens (tertiary/aromatic N) is 4. The highest BCUT2D eigenvalue weighted by Crippen LogP contribution is 2.13. The largest absolute Gasteiger partial charge is 0.476 e. The third kappa shape index (κ3) is 4.04. The van der Waals surface area contributed by atoms with E-state index in [-0.39, 0.29) is 5.69 Å². The molecule has 3 rings (SSSR count). The van der Waals surface area contributed by atoms with Crippen LogP contribution < -0.4 is 4.90 Å². The molecule has 120 valence electrons. The van der Waals surface area contributed by atoms with Crippen LogP contribution in [0.4, 0.5) is 5.82 Å². The first-order valence-electron chi connectivity index (χ1n) is 7.80. The SMILES string of the molecule is O=C(O)c1ccc(N2CCN(CCc3ccccc3)CC2)nn1. The number of hydrogen-bond acceptors (Lipinski definition) is 5. The predicted molar refractivity (Wildman–Crippen MR) is 87.8 cm³/mol. The fourth-order valence-corrected chi connectivity index (χ4v) is 2.74. The van der Waals surface area contributed by atoms with Gasteiger partial charge in [0.15, 0.2) is 11.5 Å². The third-order valence-electron chi connectivity index (χ3n) is 4.13. The van der Waals surface area contributed by atoms with E-state index in [0.717, 1.165) is 45.0 Å². The van der Waals surface area contributed by atoms with Crippen LogP contribution in [0.2, 0.25) is 0 Å². The molecule has 1 aliphatic heterocycles. The fourth-order valence-electron chi connectivity index (χ4n) is 2.74. The van der Waals surface area contributed by atoms with Crippen molar-refractivity contribution in [3.05, 3.63) is 53.7 Å². The van der Waals surface area contributed by atoms with Crippen molar-refractivity contribution in [2.24, 2.45) is 0 Å². The summed E-state index contributed by atoms with van der Waals surface area (Å²) in [6.07, 6.45) is 1.06. The standard InChI is InChI=1S/C17H20N4O2/c22-17(23)15-6-7-16(19-18-15)21-12-10-20(11-13-21)9-8-14-4-2-1-3-5-14/h1-7H,8-13H2,(H,22,23). The van der Waals surface area contributed by atoms with Crippen molar-refractivity contribution >= 4 is 11.8 Å². The Bertz CT molecular complexity index is 637. The minimum Gasteiger partial charge on any atom is -0.476 e. The minimum absolute atomic E-state index is 0.0183. The van der Waals surface area contributed by atoms with E-state index in [1.165, 1.54) is 11.6 Å². The molecule has 0 radical (unpaired) electrons. The van der Waals surface area contributed by atoms with Crippen molar-refractivity contribution in [2.75, 3.05) is 37.6 Å². The Morgan fingerprint density at radius 3 is 2.35 bits per heavy atom. The summed E-state index contributed by atoms with van der Waals surface area (Å²) in [4.78, 5) is 15.4. The number of carboxylic acid groups (broad SMARTS) is 1. The maximum absolute atomic E-state index is 10.8. The molecule has 1 aromatic heterocycles. The van der Waals surface area contributed by atoms with Crippen molar-refractivity contribution in [2.45, 2.75) is 6.42 Å². The zero-order valence-electron chi connectivity index (χ0n) is 12.9. The van der Waals surface area contributed by atoms with Crippen LogP contribution in [0.15, 0.2) is 42.5 Å². The highest BCUT2D eigenvalue weighted by Gasteiger charge is 2.18. The molecule has 1 aromatic carbocycles. The summed E-state index contributed by atoms with van der Waals surface area (Å²) in [5.41, 5.74) is 1.35. The van der Waals surface area contributed by atoms with E-state index >= 15 is 0 Å². The summed E-state index contributed by atoms with van der Waals surface area (Å²) in [7, 11) is 0. The molecule has 2 aromatic rings. The zero-order chi connectivity index (χ0) is 16.1. The number of anilines is 1. The average Bonchev–Trinajstić information content (AvgIpc) is 2.61. The smallest absolute Gasteiger partial charge is 0.356 e. The quantitative estimate of drug-likeness (QED) is 0.903. The molecular weight excluding hydrogens is 292 g/mol. The Morgan fingerprint density at radius 1 is 1.00 bits per heavy atom. The highest BCUT2D eigenvalue weighted by atomic mass is 16.4. The number of rotatable bonds is 5. The van der Waals surface area contributed by atoms with Gasteiger partial charge in [-0.1, -0.05) is 30.3 Å². The van der Waals surface area contributed by atoms with Crippen molar-refractivity contribution in [1.82, 2.24) is 15.1 Å². The zero-order valence-corrected chi connectivity index (χ0v) is 12.9. The average molecular weight is 312 g/mol. The molecule has 23 heavy (non-hydrogen) atoms. The van der Waals surface area contributed by atoms with Crippen molar-refractivity contribution in [3.8, 4) is 0 Å².